The first-order valence-corrected chi connectivity index (χ1v) is 9.43. The van der Waals surface area contributed by atoms with E-state index in [0.29, 0.717) is 18.3 Å². The SMILES string of the molecule is CCc1noc(CN(C(=O)[C@H]2CCCN(Cc3ccco3)C2)C(C)C)n1. The van der Waals surface area contributed by atoms with Crippen LogP contribution in [0.2, 0.25) is 0 Å². The van der Waals surface area contributed by atoms with Crippen molar-refractivity contribution in [2.24, 2.45) is 5.92 Å². The van der Waals surface area contributed by atoms with E-state index in [4.69, 9.17) is 8.94 Å². The molecule has 7 nitrogen and oxygen atoms in total. The van der Waals surface area contributed by atoms with Crippen LogP contribution in [0, 0.1) is 5.92 Å². The molecule has 0 spiro atoms. The summed E-state index contributed by atoms with van der Waals surface area (Å²) in [5.74, 6) is 2.29. The Morgan fingerprint density at radius 1 is 1.46 bits per heavy atom. The molecule has 7 heteroatoms. The molecule has 1 aliphatic heterocycles. The molecule has 0 N–H and O–H groups in total. The minimum Gasteiger partial charge on any atom is -0.468 e. The largest absolute Gasteiger partial charge is 0.468 e. The van der Waals surface area contributed by atoms with E-state index in [-0.39, 0.29) is 17.9 Å². The first-order chi connectivity index (χ1) is 12.6. The summed E-state index contributed by atoms with van der Waals surface area (Å²) in [7, 11) is 0. The fourth-order valence-electron chi connectivity index (χ4n) is 3.42. The second kappa shape index (κ2) is 8.49. The Labute approximate surface area is 154 Å². The van der Waals surface area contributed by atoms with Gasteiger partial charge in [0, 0.05) is 19.0 Å². The standard InChI is InChI=1S/C19H28N4O3/c1-4-17-20-18(26-21-17)13-23(14(2)3)19(24)15-7-5-9-22(11-15)12-16-8-6-10-25-16/h6,8,10,14-15H,4-5,7,9,11-13H2,1-3H3/t15-/m0/s1. The van der Waals surface area contributed by atoms with Gasteiger partial charge in [-0.25, -0.2) is 0 Å². The van der Waals surface area contributed by atoms with Crippen molar-refractivity contribution in [3.63, 3.8) is 0 Å². The van der Waals surface area contributed by atoms with Crippen LogP contribution in [0.15, 0.2) is 27.3 Å². The van der Waals surface area contributed by atoms with Gasteiger partial charge in [0.05, 0.1) is 18.7 Å². The molecule has 3 heterocycles. The Morgan fingerprint density at radius 2 is 2.31 bits per heavy atom. The molecule has 3 rings (SSSR count). The van der Waals surface area contributed by atoms with E-state index < -0.39 is 0 Å². The van der Waals surface area contributed by atoms with Gasteiger partial charge in [0.1, 0.15) is 12.3 Å². The summed E-state index contributed by atoms with van der Waals surface area (Å²) in [5.41, 5.74) is 0. The molecule has 1 saturated heterocycles. The second-order valence-corrected chi connectivity index (χ2v) is 7.17. The van der Waals surface area contributed by atoms with E-state index >= 15 is 0 Å². The fourth-order valence-corrected chi connectivity index (χ4v) is 3.42. The van der Waals surface area contributed by atoms with E-state index in [1.807, 2.05) is 37.8 Å². The molecule has 0 unspecified atom stereocenters. The van der Waals surface area contributed by atoms with Crippen LogP contribution in [0.25, 0.3) is 0 Å². The number of aromatic nitrogens is 2. The van der Waals surface area contributed by atoms with Crippen molar-refractivity contribution in [1.29, 1.82) is 0 Å². The molecule has 1 amide bonds. The maximum atomic E-state index is 13.2. The van der Waals surface area contributed by atoms with Crippen LogP contribution in [-0.4, -0.2) is 45.0 Å². The lowest BCUT2D eigenvalue weighted by molar-refractivity contribution is -0.140. The maximum Gasteiger partial charge on any atom is 0.246 e. The molecule has 1 atom stereocenters. The molecule has 0 saturated carbocycles. The Balaban J connectivity index is 1.63. The first kappa shape index (κ1) is 18.6. The molecule has 0 aromatic carbocycles. The van der Waals surface area contributed by atoms with Crippen molar-refractivity contribution in [2.45, 2.75) is 59.2 Å². The normalized spacial score (nSPS) is 18.4. The predicted octanol–water partition coefficient (Wildman–Crippen LogP) is 2.87. The Kier molecular flexibility index (Phi) is 6.08. The van der Waals surface area contributed by atoms with Crippen molar-refractivity contribution in [2.75, 3.05) is 13.1 Å². The summed E-state index contributed by atoms with van der Waals surface area (Å²) in [6.45, 7) is 8.91. The van der Waals surface area contributed by atoms with Gasteiger partial charge in [-0.15, -0.1) is 0 Å². The van der Waals surface area contributed by atoms with Gasteiger partial charge in [-0.1, -0.05) is 12.1 Å². The van der Waals surface area contributed by atoms with Crippen LogP contribution < -0.4 is 0 Å². The number of likely N-dealkylation sites (tertiary alicyclic amines) is 1. The van der Waals surface area contributed by atoms with Crippen LogP contribution in [0.3, 0.4) is 0 Å². The zero-order valence-corrected chi connectivity index (χ0v) is 15.9. The molecule has 26 heavy (non-hydrogen) atoms. The predicted molar refractivity (Wildman–Crippen MR) is 96.1 cm³/mol. The van der Waals surface area contributed by atoms with Gasteiger partial charge in [0.25, 0.3) is 0 Å². The molecule has 1 aliphatic rings. The highest BCUT2D eigenvalue weighted by molar-refractivity contribution is 5.79. The molecule has 142 valence electrons. The van der Waals surface area contributed by atoms with Gasteiger partial charge in [0.2, 0.25) is 11.8 Å². The van der Waals surface area contributed by atoms with Gasteiger partial charge in [0.15, 0.2) is 5.82 Å². The highest BCUT2D eigenvalue weighted by Gasteiger charge is 2.31. The third kappa shape index (κ3) is 4.52. The number of carbonyl (C=O) groups is 1. The van der Waals surface area contributed by atoms with E-state index in [0.717, 1.165) is 44.7 Å². The number of hydrogen-bond donors (Lipinski definition) is 0. The second-order valence-electron chi connectivity index (χ2n) is 7.17. The summed E-state index contributed by atoms with van der Waals surface area (Å²) in [5, 5.41) is 3.93. The van der Waals surface area contributed by atoms with E-state index in [1.54, 1.807) is 6.26 Å². The average Bonchev–Trinajstić information content (AvgIpc) is 3.30. The molecule has 2 aromatic rings. The highest BCUT2D eigenvalue weighted by Crippen LogP contribution is 2.22. The molecular formula is C19H28N4O3. The minimum atomic E-state index is -0.00493. The summed E-state index contributed by atoms with van der Waals surface area (Å²) >= 11 is 0. The summed E-state index contributed by atoms with van der Waals surface area (Å²) < 4.78 is 10.7. The van der Waals surface area contributed by atoms with Crippen molar-refractivity contribution in [1.82, 2.24) is 19.9 Å². The summed E-state index contributed by atoms with van der Waals surface area (Å²) in [4.78, 5) is 21.7. The van der Waals surface area contributed by atoms with E-state index in [9.17, 15) is 4.79 Å². The summed E-state index contributed by atoms with van der Waals surface area (Å²) in [6.07, 6.45) is 4.35. The topological polar surface area (TPSA) is 75.6 Å². The van der Waals surface area contributed by atoms with Gasteiger partial charge in [-0.3, -0.25) is 9.69 Å². The smallest absolute Gasteiger partial charge is 0.246 e. The molecule has 2 aromatic heterocycles. The van der Waals surface area contributed by atoms with Crippen LogP contribution in [0.5, 0.6) is 0 Å². The Morgan fingerprint density at radius 3 is 2.96 bits per heavy atom. The molecule has 1 fully saturated rings. The minimum absolute atomic E-state index is 0.00493. The number of carbonyl (C=O) groups excluding carboxylic acids is 1. The van der Waals surface area contributed by atoms with Crippen molar-refractivity contribution in [3.05, 3.63) is 35.9 Å². The lowest BCUT2D eigenvalue weighted by Crippen LogP contribution is -2.46. The molecule has 0 aliphatic carbocycles. The highest BCUT2D eigenvalue weighted by atomic mass is 16.5. The number of piperidine rings is 1. The lowest BCUT2D eigenvalue weighted by atomic mass is 9.95. The number of rotatable bonds is 7. The third-order valence-corrected chi connectivity index (χ3v) is 4.85. The average molecular weight is 360 g/mol. The van der Waals surface area contributed by atoms with Crippen LogP contribution in [-0.2, 0) is 24.3 Å². The maximum absolute atomic E-state index is 13.2. The van der Waals surface area contributed by atoms with Crippen LogP contribution in [0.1, 0.15) is 51.1 Å². The zero-order chi connectivity index (χ0) is 18.5. The number of hydrogen-bond acceptors (Lipinski definition) is 6. The molecule has 0 bridgehead atoms. The Bertz CT molecular complexity index is 695. The van der Waals surface area contributed by atoms with Gasteiger partial charge in [-0.05, 0) is 45.4 Å². The number of amides is 1. The quantitative estimate of drug-likeness (QED) is 0.756. The Hall–Kier alpha value is -2.15. The van der Waals surface area contributed by atoms with Gasteiger partial charge < -0.3 is 13.8 Å². The van der Waals surface area contributed by atoms with Crippen LogP contribution in [0.4, 0.5) is 0 Å². The van der Waals surface area contributed by atoms with Crippen molar-refractivity contribution in [3.8, 4) is 0 Å². The molecular weight excluding hydrogens is 332 g/mol. The van der Waals surface area contributed by atoms with Crippen LogP contribution >= 0.6 is 0 Å². The lowest BCUT2D eigenvalue weighted by Gasteiger charge is -2.35. The zero-order valence-electron chi connectivity index (χ0n) is 15.9. The number of furan rings is 1. The third-order valence-electron chi connectivity index (χ3n) is 4.85. The first-order valence-electron chi connectivity index (χ1n) is 9.43. The number of aryl methyl sites for hydroxylation is 1. The van der Waals surface area contributed by atoms with Crippen molar-refractivity contribution < 1.29 is 13.7 Å². The number of nitrogens with zero attached hydrogens (tertiary/aromatic N) is 4. The van der Waals surface area contributed by atoms with E-state index in [2.05, 4.69) is 15.0 Å². The van der Waals surface area contributed by atoms with E-state index in [1.165, 1.54) is 0 Å². The fraction of sp³-hybridized carbons (Fsp3) is 0.632. The van der Waals surface area contributed by atoms with Gasteiger partial charge >= 0.3 is 0 Å². The molecule has 0 radical (unpaired) electrons. The monoisotopic (exact) mass is 360 g/mol. The van der Waals surface area contributed by atoms with Crippen molar-refractivity contribution >= 4 is 5.91 Å². The van der Waals surface area contributed by atoms with Gasteiger partial charge in [-0.2, -0.15) is 4.98 Å². The summed E-state index contributed by atoms with van der Waals surface area (Å²) in [6, 6.07) is 3.96.